The first-order valence-corrected chi connectivity index (χ1v) is 4.69. The fraction of sp³-hybridized carbons (Fsp3) is 0.300. The maximum atomic E-state index is 12.5. The van der Waals surface area contributed by atoms with Crippen LogP contribution >= 0.6 is 0 Å². The standard InChI is InChI=1S/C10H11FN2O3/c1-2-7(10(15)16)13-9(14)8-4-3-6(11)5-12-8/h3-5,7H,2H2,1H3,(H,13,14)(H,15,16). The van der Waals surface area contributed by atoms with Crippen LogP contribution in [0.4, 0.5) is 4.39 Å². The van der Waals surface area contributed by atoms with Gasteiger partial charge in [0.05, 0.1) is 6.20 Å². The highest BCUT2D eigenvalue weighted by Gasteiger charge is 2.18. The van der Waals surface area contributed by atoms with Crippen LogP contribution in [0, 0.1) is 5.82 Å². The number of pyridine rings is 1. The first-order chi connectivity index (χ1) is 7.54. The van der Waals surface area contributed by atoms with E-state index < -0.39 is 23.7 Å². The minimum Gasteiger partial charge on any atom is -0.480 e. The number of carbonyl (C=O) groups excluding carboxylic acids is 1. The Morgan fingerprint density at radius 2 is 2.25 bits per heavy atom. The molecule has 1 atom stereocenters. The zero-order valence-corrected chi connectivity index (χ0v) is 8.61. The highest BCUT2D eigenvalue weighted by atomic mass is 19.1. The molecule has 1 amide bonds. The van der Waals surface area contributed by atoms with Crippen LogP contribution < -0.4 is 5.32 Å². The van der Waals surface area contributed by atoms with E-state index in [-0.39, 0.29) is 12.1 Å². The smallest absolute Gasteiger partial charge is 0.326 e. The van der Waals surface area contributed by atoms with Gasteiger partial charge >= 0.3 is 5.97 Å². The largest absolute Gasteiger partial charge is 0.480 e. The van der Waals surface area contributed by atoms with E-state index in [9.17, 15) is 14.0 Å². The molecule has 0 aliphatic heterocycles. The number of amides is 1. The van der Waals surface area contributed by atoms with Crippen LogP contribution in [0.1, 0.15) is 23.8 Å². The van der Waals surface area contributed by atoms with Gasteiger partial charge in [-0.05, 0) is 18.6 Å². The molecule has 0 aliphatic carbocycles. The molecule has 0 saturated heterocycles. The number of carbonyl (C=O) groups is 2. The van der Waals surface area contributed by atoms with Crippen molar-refractivity contribution < 1.29 is 19.1 Å². The predicted molar refractivity (Wildman–Crippen MR) is 53.4 cm³/mol. The summed E-state index contributed by atoms with van der Waals surface area (Å²) in [6.07, 6.45) is 1.17. The highest BCUT2D eigenvalue weighted by Crippen LogP contribution is 2.00. The van der Waals surface area contributed by atoms with Crippen molar-refractivity contribution in [1.82, 2.24) is 10.3 Å². The number of hydrogen-bond donors (Lipinski definition) is 2. The number of aromatic nitrogens is 1. The van der Waals surface area contributed by atoms with Gasteiger partial charge in [-0.2, -0.15) is 0 Å². The second kappa shape index (κ2) is 5.20. The number of aliphatic carboxylic acids is 1. The molecule has 0 fully saturated rings. The summed E-state index contributed by atoms with van der Waals surface area (Å²) in [5.41, 5.74) is -0.0129. The van der Waals surface area contributed by atoms with E-state index in [0.29, 0.717) is 0 Å². The molecule has 6 heteroatoms. The molecule has 0 aromatic carbocycles. The Bertz CT molecular complexity index is 392. The molecule has 0 aliphatic rings. The summed E-state index contributed by atoms with van der Waals surface area (Å²) >= 11 is 0. The fourth-order valence-corrected chi connectivity index (χ4v) is 1.08. The lowest BCUT2D eigenvalue weighted by molar-refractivity contribution is -0.139. The van der Waals surface area contributed by atoms with Crippen LogP contribution in [0.2, 0.25) is 0 Å². The van der Waals surface area contributed by atoms with E-state index in [1.807, 2.05) is 0 Å². The zero-order chi connectivity index (χ0) is 12.1. The van der Waals surface area contributed by atoms with Gasteiger partial charge in [0, 0.05) is 0 Å². The molecule has 1 aromatic rings. The molecular formula is C10H11FN2O3. The van der Waals surface area contributed by atoms with Gasteiger partial charge in [-0.25, -0.2) is 14.2 Å². The molecule has 1 aromatic heterocycles. The highest BCUT2D eigenvalue weighted by molar-refractivity contribution is 5.94. The van der Waals surface area contributed by atoms with Crippen LogP contribution in [-0.2, 0) is 4.79 Å². The molecule has 1 heterocycles. The molecule has 5 nitrogen and oxygen atoms in total. The fourth-order valence-electron chi connectivity index (χ4n) is 1.08. The van der Waals surface area contributed by atoms with E-state index in [4.69, 9.17) is 5.11 Å². The van der Waals surface area contributed by atoms with E-state index in [0.717, 1.165) is 12.3 Å². The Kier molecular flexibility index (Phi) is 3.93. The van der Waals surface area contributed by atoms with Crippen molar-refractivity contribution in [3.8, 4) is 0 Å². The Morgan fingerprint density at radius 1 is 1.56 bits per heavy atom. The molecule has 1 unspecified atom stereocenters. The number of carboxylic acid groups (broad SMARTS) is 1. The van der Waals surface area contributed by atoms with E-state index in [1.165, 1.54) is 6.07 Å². The molecule has 86 valence electrons. The lowest BCUT2D eigenvalue weighted by Gasteiger charge is -2.11. The quantitative estimate of drug-likeness (QED) is 0.796. The van der Waals surface area contributed by atoms with Crippen molar-refractivity contribution in [2.45, 2.75) is 19.4 Å². The number of rotatable bonds is 4. The minimum absolute atomic E-state index is 0.0129. The molecule has 1 rings (SSSR count). The van der Waals surface area contributed by atoms with Crippen LogP contribution in [0.5, 0.6) is 0 Å². The lowest BCUT2D eigenvalue weighted by atomic mass is 10.2. The average Bonchev–Trinajstić information content (AvgIpc) is 2.26. The molecule has 0 bridgehead atoms. The molecule has 16 heavy (non-hydrogen) atoms. The van der Waals surface area contributed by atoms with Gasteiger partial charge in [0.15, 0.2) is 0 Å². The SMILES string of the molecule is CCC(NC(=O)c1ccc(F)cn1)C(=O)O. The predicted octanol–water partition coefficient (Wildman–Crippen LogP) is 0.814. The van der Waals surface area contributed by atoms with E-state index >= 15 is 0 Å². The summed E-state index contributed by atoms with van der Waals surface area (Å²) in [6, 6.07) is 1.32. The Morgan fingerprint density at radius 3 is 2.69 bits per heavy atom. The van der Waals surface area contributed by atoms with Crippen molar-refractivity contribution in [2.24, 2.45) is 0 Å². The van der Waals surface area contributed by atoms with Crippen molar-refractivity contribution in [2.75, 3.05) is 0 Å². The Labute approximate surface area is 91.3 Å². The van der Waals surface area contributed by atoms with Gasteiger partial charge in [0.1, 0.15) is 17.6 Å². The van der Waals surface area contributed by atoms with Gasteiger partial charge in [-0.3, -0.25) is 4.79 Å². The number of nitrogens with zero attached hydrogens (tertiary/aromatic N) is 1. The topological polar surface area (TPSA) is 79.3 Å². The van der Waals surface area contributed by atoms with Crippen molar-refractivity contribution >= 4 is 11.9 Å². The summed E-state index contributed by atoms with van der Waals surface area (Å²) in [5, 5.41) is 11.0. The monoisotopic (exact) mass is 226 g/mol. The third-order valence-electron chi connectivity index (χ3n) is 1.97. The third-order valence-corrected chi connectivity index (χ3v) is 1.97. The van der Waals surface area contributed by atoms with E-state index in [1.54, 1.807) is 6.92 Å². The maximum Gasteiger partial charge on any atom is 0.326 e. The van der Waals surface area contributed by atoms with Crippen LogP contribution in [0.15, 0.2) is 18.3 Å². The second-order valence-electron chi connectivity index (χ2n) is 3.13. The third kappa shape index (κ3) is 3.01. The number of halogens is 1. The average molecular weight is 226 g/mol. The number of hydrogen-bond acceptors (Lipinski definition) is 3. The van der Waals surface area contributed by atoms with Crippen LogP contribution in [-0.4, -0.2) is 28.0 Å². The van der Waals surface area contributed by atoms with Crippen LogP contribution in [0.3, 0.4) is 0 Å². The molecule has 0 spiro atoms. The molecule has 0 saturated carbocycles. The van der Waals surface area contributed by atoms with Crippen molar-refractivity contribution in [3.63, 3.8) is 0 Å². The summed E-state index contributed by atoms with van der Waals surface area (Å²) in [7, 11) is 0. The molecule has 0 radical (unpaired) electrons. The summed E-state index contributed by atoms with van der Waals surface area (Å²) in [6.45, 7) is 1.64. The van der Waals surface area contributed by atoms with Crippen molar-refractivity contribution in [3.05, 3.63) is 29.8 Å². The number of carboxylic acids is 1. The first kappa shape index (κ1) is 12.1. The van der Waals surface area contributed by atoms with Gasteiger partial charge in [-0.15, -0.1) is 0 Å². The normalized spacial score (nSPS) is 11.9. The van der Waals surface area contributed by atoms with Crippen molar-refractivity contribution in [1.29, 1.82) is 0 Å². The summed E-state index contributed by atoms with van der Waals surface area (Å²) in [5.74, 6) is -2.30. The Balaban J connectivity index is 2.71. The van der Waals surface area contributed by atoms with Gasteiger partial charge < -0.3 is 10.4 Å². The zero-order valence-electron chi connectivity index (χ0n) is 8.61. The maximum absolute atomic E-state index is 12.5. The minimum atomic E-state index is -1.11. The van der Waals surface area contributed by atoms with E-state index in [2.05, 4.69) is 10.3 Å². The summed E-state index contributed by atoms with van der Waals surface area (Å²) < 4.78 is 12.5. The van der Waals surface area contributed by atoms with Gasteiger partial charge in [0.25, 0.3) is 5.91 Å². The molecular weight excluding hydrogens is 215 g/mol. The van der Waals surface area contributed by atoms with Crippen LogP contribution in [0.25, 0.3) is 0 Å². The van der Waals surface area contributed by atoms with Gasteiger partial charge in [0.2, 0.25) is 0 Å². The van der Waals surface area contributed by atoms with Gasteiger partial charge in [-0.1, -0.05) is 6.92 Å². The lowest BCUT2D eigenvalue weighted by Crippen LogP contribution is -2.40. The first-order valence-electron chi connectivity index (χ1n) is 4.69. The Hall–Kier alpha value is -1.98. The molecule has 2 N–H and O–H groups in total. The summed E-state index contributed by atoms with van der Waals surface area (Å²) in [4.78, 5) is 25.7. The number of nitrogens with one attached hydrogen (secondary N) is 1. The second-order valence-corrected chi connectivity index (χ2v) is 3.13.